The zero-order valence-electron chi connectivity index (χ0n) is 19.1. The normalized spacial score (nSPS) is 29.2. The highest BCUT2D eigenvalue weighted by Crippen LogP contribution is 2.60. The molecule has 6 nitrogen and oxygen atoms in total. The van der Waals surface area contributed by atoms with E-state index in [4.69, 9.17) is 0 Å². The van der Waals surface area contributed by atoms with Gasteiger partial charge in [0.25, 0.3) is 0 Å². The molecule has 0 saturated heterocycles. The van der Waals surface area contributed by atoms with Crippen molar-refractivity contribution in [2.75, 3.05) is 5.32 Å². The molecule has 32 heavy (non-hydrogen) atoms. The van der Waals surface area contributed by atoms with Crippen molar-refractivity contribution in [3.63, 3.8) is 0 Å². The monoisotopic (exact) mass is 452 g/mol. The molecule has 4 bridgehead atoms. The van der Waals surface area contributed by atoms with Crippen LogP contribution in [0.15, 0.2) is 24.3 Å². The van der Waals surface area contributed by atoms with E-state index in [-0.39, 0.29) is 23.1 Å². The number of nitrogens with one attached hydrogen (secondary N) is 2. The Kier molecular flexibility index (Phi) is 5.56. The van der Waals surface area contributed by atoms with Gasteiger partial charge in [-0.05, 0) is 69.1 Å². The lowest BCUT2D eigenvalue weighted by Crippen LogP contribution is -2.57. The summed E-state index contributed by atoms with van der Waals surface area (Å²) in [7, 11) is 0. The maximum Gasteiger partial charge on any atom is 0.249 e. The maximum atomic E-state index is 13.5. The van der Waals surface area contributed by atoms with Crippen molar-refractivity contribution in [3.05, 3.63) is 29.8 Å². The summed E-state index contributed by atoms with van der Waals surface area (Å²) < 4.78 is 0. The minimum Gasteiger partial charge on any atom is -0.344 e. The van der Waals surface area contributed by atoms with Gasteiger partial charge in [-0.15, -0.1) is 10.2 Å². The van der Waals surface area contributed by atoms with Crippen LogP contribution in [0.4, 0.5) is 5.13 Å². The van der Waals surface area contributed by atoms with Gasteiger partial charge >= 0.3 is 0 Å². The van der Waals surface area contributed by atoms with Gasteiger partial charge in [-0.25, -0.2) is 0 Å². The summed E-state index contributed by atoms with van der Waals surface area (Å²) in [4.78, 5) is 26.6. The quantitative estimate of drug-likeness (QED) is 0.659. The van der Waals surface area contributed by atoms with E-state index < -0.39 is 6.04 Å². The van der Waals surface area contributed by atoms with E-state index in [1.54, 1.807) is 0 Å². The zero-order chi connectivity index (χ0) is 22.5. The van der Waals surface area contributed by atoms with Gasteiger partial charge in [-0.3, -0.25) is 14.9 Å². The van der Waals surface area contributed by atoms with E-state index in [1.807, 2.05) is 45.0 Å². The molecule has 4 aliphatic rings. The molecule has 4 aliphatic carbocycles. The number of amides is 2. The summed E-state index contributed by atoms with van der Waals surface area (Å²) in [5.41, 5.74) is 1.90. The number of anilines is 1. The van der Waals surface area contributed by atoms with Crippen molar-refractivity contribution in [2.45, 2.75) is 65.3 Å². The first kappa shape index (κ1) is 21.6. The maximum absolute atomic E-state index is 13.5. The first-order valence-electron chi connectivity index (χ1n) is 11.8. The average molecular weight is 453 g/mol. The smallest absolute Gasteiger partial charge is 0.249 e. The van der Waals surface area contributed by atoms with Crippen molar-refractivity contribution in [1.82, 2.24) is 15.5 Å². The van der Waals surface area contributed by atoms with E-state index in [1.165, 1.54) is 36.2 Å². The first-order valence-corrected chi connectivity index (χ1v) is 12.7. The molecule has 2 amide bonds. The van der Waals surface area contributed by atoms with E-state index in [2.05, 4.69) is 20.8 Å². The van der Waals surface area contributed by atoms with Crippen LogP contribution in [-0.2, 0) is 9.59 Å². The van der Waals surface area contributed by atoms with Gasteiger partial charge in [0, 0.05) is 11.0 Å². The van der Waals surface area contributed by atoms with E-state index in [0.717, 1.165) is 29.8 Å². The Morgan fingerprint density at radius 2 is 1.59 bits per heavy atom. The van der Waals surface area contributed by atoms with Gasteiger partial charge in [0.2, 0.25) is 16.9 Å². The summed E-state index contributed by atoms with van der Waals surface area (Å²) in [5.74, 6) is 1.94. The molecule has 1 heterocycles. The van der Waals surface area contributed by atoms with Crippen molar-refractivity contribution in [1.29, 1.82) is 0 Å². The standard InChI is InChI=1S/C25H32N4O2S/c1-14(2)20(26-23(31)25-11-16-8-17(12-25)10-18(9-16)13-25)21(30)27-24-29-28-22(32-24)19-6-4-15(3)5-7-19/h4-7,14,16-18,20H,8-13H2,1-3H3,(H,26,31)(H,27,29,30). The first-order chi connectivity index (χ1) is 15.3. The third-order valence-corrected chi connectivity index (χ3v) is 8.60. The summed E-state index contributed by atoms with van der Waals surface area (Å²) in [6.07, 6.45) is 6.86. The molecule has 4 saturated carbocycles. The number of aromatic nitrogens is 2. The molecule has 4 fully saturated rings. The minimum absolute atomic E-state index is 0.0163. The molecule has 2 aromatic rings. The Labute approximate surface area is 193 Å². The second-order valence-corrected chi connectivity index (χ2v) is 11.6. The van der Waals surface area contributed by atoms with Gasteiger partial charge in [0.15, 0.2) is 0 Å². The number of benzene rings is 1. The number of carbonyl (C=O) groups is 2. The molecule has 170 valence electrons. The summed E-state index contributed by atoms with van der Waals surface area (Å²) in [6.45, 7) is 5.99. The predicted octanol–water partition coefficient (Wildman–Crippen LogP) is 4.81. The summed E-state index contributed by atoms with van der Waals surface area (Å²) in [6, 6.07) is 7.49. The lowest BCUT2D eigenvalue weighted by atomic mass is 9.49. The summed E-state index contributed by atoms with van der Waals surface area (Å²) >= 11 is 1.35. The van der Waals surface area contributed by atoms with Crippen LogP contribution in [0.3, 0.4) is 0 Å². The van der Waals surface area contributed by atoms with Crippen LogP contribution in [0.25, 0.3) is 10.6 Å². The second-order valence-electron chi connectivity index (χ2n) is 10.7. The predicted molar refractivity (Wildman–Crippen MR) is 126 cm³/mol. The Morgan fingerprint density at radius 3 is 2.16 bits per heavy atom. The molecular formula is C25H32N4O2S. The van der Waals surface area contributed by atoms with E-state index in [9.17, 15) is 9.59 Å². The van der Waals surface area contributed by atoms with Gasteiger partial charge in [0.05, 0.1) is 0 Å². The fraction of sp³-hybridized carbons (Fsp3) is 0.600. The Morgan fingerprint density at radius 1 is 1.00 bits per heavy atom. The fourth-order valence-corrected chi connectivity index (χ4v) is 7.24. The molecule has 6 rings (SSSR count). The second kappa shape index (κ2) is 8.25. The van der Waals surface area contributed by atoms with Gasteiger partial charge in [-0.1, -0.05) is 55.0 Å². The number of carbonyl (C=O) groups excluding carboxylic acids is 2. The molecule has 1 aromatic carbocycles. The fourth-order valence-electron chi connectivity index (χ4n) is 6.49. The minimum atomic E-state index is -0.581. The van der Waals surface area contributed by atoms with Crippen LogP contribution in [0.1, 0.15) is 57.9 Å². The molecule has 2 N–H and O–H groups in total. The van der Waals surface area contributed by atoms with Crippen LogP contribution in [-0.4, -0.2) is 28.1 Å². The number of hydrogen-bond acceptors (Lipinski definition) is 5. The molecule has 1 atom stereocenters. The largest absolute Gasteiger partial charge is 0.344 e. The number of nitrogens with zero attached hydrogens (tertiary/aromatic N) is 2. The average Bonchev–Trinajstić information content (AvgIpc) is 3.19. The molecular weight excluding hydrogens is 420 g/mol. The van der Waals surface area contributed by atoms with Gasteiger partial charge < -0.3 is 5.32 Å². The van der Waals surface area contributed by atoms with Crippen LogP contribution in [0, 0.1) is 36.0 Å². The molecule has 7 heteroatoms. The van der Waals surface area contributed by atoms with Crippen LogP contribution in [0.5, 0.6) is 0 Å². The molecule has 0 radical (unpaired) electrons. The topological polar surface area (TPSA) is 84.0 Å². The molecule has 1 unspecified atom stereocenters. The van der Waals surface area contributed by atoms with Crippen LogP contribution < -0.4 is 10.6 Å². The third kappa shape index (κ3) is 4.07. The van der Waals surface area contributed by atoms with Crippen molar-refractivity contribution in [3.8, 4) is 10.6 Å². The number of hydrogen-bond donors (Lipinski definition) is 2. The molecule has 0 aliphatic heterocycles. The molecule has 0 spiro atoms. The summed E-state index contributed by atoms with van der Waals surface area (Å²) in [5, 5.41) is 15.6. The Balaban J connectivity index is 1.27. The Hall–Kier alpha value is -2.28. The number of aryl methyl sites for hydroxylation is 1. The van der Waals surface area contributed by atoms with E-state index in [0.29, 0.717) is 22.9 Å². The SMILES string of the molecule is Cc1ccc(-c2nnc(NC(=O)C(NC(=O)C34CC5CC(CC(C5)C3)C4)C(C)C)s2)cc1. The van der Waals surface area contributed by atoms with Crippen LogP contribution >= 0.6 is 11.3 Å². The highest BCUT2D eigenvalue weighted by atomic mass is 32.1. The third-order valence-electron chi connectivity index (χ3n) is 7.71. The lowest BCUT2D eigenvalue weighted by Gasteiger charge is -2.55. The highest BCUT2D eigenvalue weighted by Gasteiger charge is 2.55. The number of rotatable bonds is 6. The van der Waals surface area contributed by atoms with Crippen LogP contribution in [0.2, 0.25) is 0 Å². The van der Waals surface area contributed by atoms with Crippen molar-refractivity contribution < 1.29 is 9.59 Å². The zero-order valence-corrected chi connectivity index (χ0v) is 19.9. The molecule has 1 aromatic heterocycles. The van der Waals surface area contributed by atoms with Crippen molar-refractivity contribution in [2.24, 2.45) is 29.1 Å². The Bertz CT molecular complexity index is 978. The van der Waals surface area contributed by atoms with Gasteiger partial charge in [-0.2, -0.15) is 0 Å². The lowest BCUT2D eigenvalue weighted by molar-refractivity contribution is -0.148. The highest BCUT2D eigenvalue weighted by molar-refractivity contribution is 7.18. The van der Waals surface area contributed by atoms with Crippen molar-refractivity contribution >= 4 is 28.3 Å². The van der Waals surface area contributed by atoms with E-state index >= 15 is 0 Å². The van der Waals surface area contributed by atoms with Gasteiger partial charge in [0.1, 0.15) is 11.0 Å².